The Hall–Kier alpha value is -1.41. The van der Waals surface area contributed by atoms with Crippen LogP contribution >= 0.6 is 11.6 Å². The summed E-state index contributed by atoms with van der Waals surface area (Å²) in [6.45, 7) is 5.98. The van der Waals surface area contributed by atoms with Gasteiger partial charge in [0, 0.05) is 5.88 Å². The van der Waals surface area contributed by atoms with Gasteiger partial charge in [-0.3, -0.25) is 0 Å². The van der Waals surface area contributed by atoms with Gasteiger partial charge in [0.2, 0.25) is 0 Å². The molecule has 0 unspecified atom stereocenters. The van der Waals surface area contributed by atoms with Crippen molar-refractivity contribution in [1.82, 2.24) is 0 Å². The fourth-order valence-electron chi connectivity index (χ4n) is 3.49. The Bertz CT molecular complexity index is 684. The van der Waals surface area contributed by atoms with Crippen molar-refractivity contribution in [3.8, 4) is 11.5 Å². The molecule has 2 aromatic carbocycles. The van der Waals surface area contributed by atoms with Gasteiger partial charge in [0.05, 0.1) is 13.2 Å². The van der Waals surface area contributed by atoms with Crippen LogP contribution in [0.3, 0.4) is 0 Å². The molecule has 2 aromatic rings. The third-order valence-electron chi connectivity index (χ3n) is 5.26. The minimum atomic E-state index is 0.789. The quantitative estimate of drug-likeness (QED) is 0.220. The summed E-state index contributed by atoms with van der Waals surface area (Å²) < 4.78 is 12.0. The molecule has 28 heavy (non-hydrogen) atoms. The summed E-state index contributed by atoms with van der Waals surface area (Å²) in [7, 11) is 0. The van der Waals surface area contributed by atoms with Crippen LogP contribution in [0.5, 0.6) is 11.5 Å². The van der Waals surface area contributed by atoms with Gasteiger partial charge in [0.25, 0.3) is 0 Å². The average Bonchev–Trinajstić information content (AvgIpc) is 2.71. The molecular weight excluding hydrogens is 368 g/mol. The maximum atomic E-state index is 6.01. The lowest BCUT2D eigenvalue weighted by Gasteiger charge is -2.13. The zero-order valence-electron chi connectivity index (χ0n) is 17.8. The molecule has 0 aromatic heterocycles. The molecule has 0 amide bonds. The first-order chi connectivity index (χ1) is 13.8. The molecule has 0 heterocycles. The molecule has 2 rings (SSSR count). The molecule has 0 spiro atoms. The minimum Gasteiger partial charge on any atom is -0.494 e. The van der Waals surface area contributed by atoms with Crippen LogP contribution in [0.1, 0.15) is 76.7 Å². The molecule has 2 nitrogen and oxygen atoms in total. The summed E-state index contributed by atoms with van der Waals surface area (Å²) in [5.41, 5.74) is 1.22. The number of rotatable bonds is 15. The van der Waals surface area contributed by atoms with E-state index in [-0.39, 0.29) is 0 Å². The monoisotopic (exact) mass is 404 g/mol. The highest BCUT2D eigenvalue weighted by molar-refractivity contribution is 6.17. The number of hydrogen-bond acceptors (Lipinski definition) is 2. The van der Waals surface area contributed by atoms with E-state index in [9.17, 15) is 0 Å². The second-order valence-corrected chi connectivity index (χ2v) is 8.02. The van der Waals surface area contributed by atoms with Crippen LogP contribution in [-0.4, -0.2) is 19.1 Å². The zero-order valence-corrected chi connectivity index (χ0v) is 18.5. The predicted molar refractivity (Wildman–Crippen MR) is 122 cm³/mol. The molecule has 0 radical (unpaired) electrons. The van der Waals surface area contributed by atoms with Gasteiger partial charge >= 0.3 is 0 Å². The lowest BCUT2D eigenvalue weighted by molar-refractivity contribution is 0.303. The van der Waals surface area contributed by atoms with E-state index in [0.717, 1.165) is 49.9 Å². The van der Waals surface area contributed by atoms with Gasteiger partial charge in [-0.1, -0.05) is 64.0 Å². The van der Waals surface area contributed by atoms with E-state index in [0.29, 0.717) is 0 Å². The molecule has 0 atom stereocenters. The first-order valence-corrected chi connectivity index (χ1v) is 11.6. The van der Waals surface area contributed by atoms with Crippen molar-refractivity contribution in [1.29, 1.82) is 0 Å². The second-order valence-electron chi connectivity index (χ2n) is 7.64. The molecule has 0 bridgehead atoms. The largest absolute Gasteiger partial charge is 0.494 e. The third kappa shape index (κ3) is 7.91. The smallest absolute Gasteiger partial charge is 0.122 e. The number of unbranched alkanes of at least 4 members (excludes halogenated alkanes) is 8. The second kappa shape index (κ2) is 13.7. The molecule has 0 fully saturated rings. The Morgan fingerprint density at radius 3 is 2.18 bits per heavy atom. The topological polar surface area (TPSA) is 18.5 Å². The zero-order chi connectivity index (χ0) is 20.0. The molecule has 3 heteroatoms. The molecule has 0 aliphatic rings. The summed E-state index contributed by atoms with van der Waals surface area (Å²) in [4.78, 5) is 0. The number of aryl methyl sites for hydroxylation is 1. The number of ether oxygens (including phenoxy) is 2. The van der Waals surface area contributed by atoms with E-state index in [1.807, 2.05) is 0 Å². The molecule has 0 aliphatic heterocycles. The molecule has 0 aliphatic carbocycles. The molecule has 156 valence electrons. The van der Waals surface area contributed by atoms with Crippen LogP contribution in [0.25, 0.3) is 10.8 Å². The van der Waals surface area contributed by atoms with Crippen molar-refractivity contribution in [2.45, 2.75) is 78.1 Å². The van der Waals surface area contributed by atoms with Gasteiger partial charge in [0.1, 0.15) is 11.5 Å². The fourth-order valence-corrected chi connectivity index (χ4v) is 3.68. The van der Waals surface area contributed by atoms with E-state index >= 15 is 0 Å². The van der Waals surface area contributed by atoms with E-state index in [1.54, 1.807) is 0 Å². The van der Waals surface area contributed by atoms with Gasteiger partial charge in [-0.2, -0.15) is 0 Å². The van der Waals surface area contributed by atoms with Crippen LogP contribution in [0.4, 0.5) is 0 Å². The Morgan fingerprint density at radius 1 is 0.750 bits per heavy atom. The summed E-state index contributed by atoms with van der Waals surface area (Å²) in [5.74, 6) is 2.76. The summed E-state index contributed by atoms with van der Waals surface area (Å²) >= 11 is 5.70. The number of alkyl halides is 1. The third-order valence-corrected chi connectivity index (χ3v) is 5.53. The normalized spacial score (nSPS) is 11.1. The molecule has 0 saturated carbocycles. The van der Waals surface area contributed by atoms with E-state index in [4.69, 9.17) is 21.1 Å². The fraction of sp³-hybridized carbons (Fsp3) is 0.600. The number of hydrogen-bond donors (Lipinski definition) is 0. The van der Waals surface area contributed by atoms with Gasteiger partial charge in [-0.05, 0) is 60.7 Å². The maximum Gasteiger partial charge on any atom is 0.122 e. The van der Waals surface area contributed by atoms with E-state index in [1.165, 1.54) is 61.3 Å². The molecular formula is C25H37ClO2. The van der Waals surface area contributed by atoms with E-state index < -0.39 is 0 Å². The lowest BCUT2D eigenvalue weighted by atomic mass is 10.0. The SMILES string of the molecule is CCCCCCOc1ccc2cc(OCCCCCCCCCl)ccc2c1C. The Labute approximate surface area is 176 Å². The van der Waals surface area contributed by atoms with Crippen molar-refractivity contribution in [3.05, 3.63) is 35.9 Å². The average molecular weight is 405 g/mol. The number of benzene rings is 2. The Morgan fingerprint density at radius 2 is 1.43 bits per heavy atom. The Kier molecular flexibility index (Phi) is 11.2. The summed E-state index contributed by atoms with van der Waals surface area (Å²) in [6.07, 6.45) is 12.2. The van der Waals surface area contributed by atoms with Crippen LogP contribution in [-0.2, 0) is 0 Å². The van der Waals surface area contributed by atoms with Crippen molar-refractivity contribution in [3.63, 3.8) is 0 Å². The highest BCUT2D eigenvalue weighted by Crippen LogP contribution is 2.30. The van der Waals surface area contributed by atoms with Crippen molar-refractivity contribution in [2.75, 3.05) is 19.1 Å². The van der Waals surface area contributed by atoms with Crippen LogP contribution in [0, 0.1) is 6.92 Å². The molecule has 0 saturated heterocycles. The van der Waals surface area contributed by atoms with Gasteiger partial charge in [-0.15, -0.1) is 11.6 Å². The summed E-state index contributed by atoms with van der Waals surface area (Å²) in [6, 6.07) is 10.6. The number of halogens is 1. The van der Waals surface area contributed by atoms with Crippen LogP contribution < -0.4 is 9.47 Å². The van der Waals surface area contributed by atoms with Crippen molar-refractivity contribution in [2.24, 2.45) is 0 Å². The van der Waals surface area contributed by atoms with Gasteiger partial charge < -0.3 is 9.47 Å². The summed E-state index contributed by atoms with van der Waals surface area (Å²) in [5, 5.41) is 2.46. The Balaban J connectivity index is 1.79. The lowest BCUT2D eigenvalue weighted by Crippen LogP contribution is -2.00. The first kappa shape index (κ1) is 22.9. The minimum absolute atomic E-state index is 0.789. The standard InChI is InChI=1S/C25H37ClO2/c1-3-4-5-11-19-28-25-16-13-22-20-23(14-15-24(22)21(25)2)27-18-12-9-7-6-8-10-17-26/h13-16,20H,3-12,17-19H2,1-2H3. The first-order valence-electron chi connectivity index (χ1n) is 11.1. The predicted octanol–water partition coefficient (Wildman–Crippen LogP) is 8.07. The van der Waals surface area contributed by atoms with Gasteiger partial charge in [-0.25, -0.2) is 0 Å². The maximum absolute atomic E-state index is 6.01. The van der Waals surface area contributed by atoms with Crippen molar-refractivity contribution < 1.29 is 9.47 Å². The van der Waals surface area contributed by atoms with Crippen LogP contribution in [0.15, 0.2) is 30.3 Å². The van der Waals surface area contributed by atoms with Gasteiger partial charge in [0.15, 0.2) is 0 Å². The van der Waals surface area contributed by atoms with E-state index in [2.05, 4.69) is 44.2 Å². The molecule has 0 N–H and O–H groups in total. The highest BCUT2D eigenvalue weighted by atomic mass is 35.5. The van der Waals surface area contributed by atoms with Crippen LogP contribution in [0.2, 0.25) is 0 Å². The van der Waals surface area contributed by atoms with Crippen molar-refractivity contribution >= 4 is 22.4 Å². The number of fused-ring (bicyclic) bond motifs is 1. The highest BCUT2D eigenvalue weighted by Gasteiger charge is 2.06.